The van der Waals surface area contributed by atoms with Crippen molar-refractivity contribution < 1.29 is 4.84 Å². The monoisotopic (exact) mass is 214 g/mol. The third-order valence-electron chi connectivity index (χ3n) is 2.78. The molecule has 0 aliphatic heterocycles. The summed E-state index contributed by atoms with van der Waals surface area (Å²) in [5.41, 5.74) is 1.63. The Kier molecular flexibility index (Phi) is 3.55. The fourth-order valence-corrected chi connectivity index (χ4v) is 1.56. The van der Waals surface area contributed by atoms with Crippen LogP contribution in [0.2, 0.25) is 0 Å². The van der Waals surface area contributed by atoms with Crippen molar-refractivity contribution in [2.75, 3.05) is 0 Å². The van der Waals surface area contributed by atoms with Crippen molar-refractivity contribution in [3.05, 3.63) is 35.4 Å². The molecule has 3 heteroatoms. The maximum Gasteiger partial charge on any atom is 0.142 e. The number of hydrogen-bond donors (Lipinski definition) is 0. The van der Waals surface area contributed by atoms with Crippen LogP contribution in [0.5, 0.6) is 0 Å². The molecule has 1 aromatic carbocycles. The molecule has 1 saturated carbocycles. The fourth-order valence-electron chi connectivity index (χ4n) is 1.56. The summed E-state index contributed by atoms with van der Waals surface area (Å²) in [5.74, 6) is 0.616. The molecule has 2 rings (SSSR count). The fraction of sp³-hybridized carbons (Fsp3) is 0.385. The van der Waals surface area contributed by atoms with Gasteiger partial charge < -0.3 is 4.84 Å². The van der Waals surface area contributed by atoms with Crippen LogP contribution in [0, 0.1) is 17.2 Å². The predicted molar refractivity (Wildman–Crippen MR) is 61.8 cm³/mol. The van der Waals surface area contributed by atoms with Gasteiger partial charge in [0, 0.05) is 6.21 Å². The molecule has 1 aromatic rings. The third-order valence-corrected chi connectivity index (χ3v) is 2.78. The molecular weight excluding hydrogens is 200 g/mol. The Labute approximate surface area is 95.3 Å². The first-order valence-corrected chi connectivity index (χ1v) is 5.53. The van der Waals surface area contributed by atoms with Crippen LogP contribution in [-0.4, -0.2) is 6.21 Å². The van der Waals surface area contributed by atoms with Crippen LogP contribution in [0.15, 0.2) is 29.4 Å². The summed E-state index contributed by atoms with van der Waals surface area (Å²) < 4.78 is 0. The summed E-state index contributed by atoms with van der Waals surface area (Å²) in [6.07, 6.45) is 5.66. The van der Waals surface area contributed by atoms with Crippen molar-refractivity contribution >= 4 is 6.21 Å². The minimum atomic E-state index is 0.429. The molecule has 0 spiro atoms. The predicted octanol–water partition coefficient (Wildman–Crippen LogP) is 2.86. The average Bonchev–Trinajstić information content (AvgIpc) is 2.27. The van der Waals surface area contributed by atoms with E-state index in [4.69, 9.17) is 10.1 Å². The molecular formula is C13H14N2O. The summed E-state index contributed by atoms with van der Waals surface area (Å²) in [6, 6.07) is 9.48. The van der Waals surface area contributed by atoms with Gasteiger partial charge in [-0.2, -0.15) is 5.26 Å². The second-order valence-corrected chi connectivity index (χ2v) is 4.03. The van der Waals surface area contributed by atoms with Crippen molar-refractivity contribution in [2.45, 2.75) is 25.9 Å². The third kappa shape index (κ3) is 2.83. The largest absolute Gasteiger partial charge is 0.391 e. The summed E-state index contributed by atoms with van der Waals surface area (Å²) in [7, 11) is 0. The Bertz CT molecular complexity index is 416. The minimum Gasteiger partial charge on any atom is -0.391 e. The van der Waals surface area contributed by atoms with Crippen molar-refractivity contribution in [1.29, 1.82) is 5.26 Å². The van der Waals surface area contributed by atoms with Crippen LogP contribution in [-0.2, 0) is 11.4 Å². The van der Waals surface area contributed by atoms with E-state index in [1.807, 2.05) is 24.4 Å². The molecule has 0 amide bonds. The first-order valence-electron chi connectivity index (χ1n) is 5.53. The van der Waals surface area contributed by atoms with E-state index in [2.05, 4.69) is 11.2 Å². The maximum atomic E-state index is 8.73. The lowest BCUT2D eigenvalue weighted by Gasteiger charge is -2.19. The molecule has 0 radical (unpaired) electrons. The summed E-state index contributed by atoms with van der Waals surface area (Å²) in [6.45, 7) is 0.429. The van der Waals surface area contributed by atoms with Crippen LogP contribution >= 0.6 is 0 Å². The Balaban J connectivity index is 1.80. The number of nitriles is 1. The Morgan fingerprint density at radius 2 is 2.38 bits per heavy atom. The quantitative estimate of drug-likeness (QED) is 0.571. The van der Waals surface area contributed by atoms with Gasteiger partial charge in [-0.1, -0.05) is 23.7 Å². The van der Waals surface area contributed by atoms with Gasteiger partial charge in [0.1, 0.15) is 6.61 Å². The Morgan fingerprint density at radius 3 is 3.06 bits per heavy atom. The minimum absolute atomic E-state index is 0.429. The molecule has 0 bridgehead atoms. The lowest BCUT2D eigenvalue weighted by atomic mass is 9.87. The molecule has 16 heavy (non-hydrogen) atoms. The molecule has 82 valence electrons. The molecule has 0 saturated heterocycles. The number of nitrogens with zero attached hydrogens (tertiary/aromatic N) is 2. The zero-order valence-corrected chi connectivity index (χ0v) is 9.10. The molecule has 0 N–H and O–H groups in total. The number of oxime groups is 1. The van der Waals surface area contributed by atoms with E-state index in [0.29, 0.717) is 18.1 Å². The van der Waals surface area contributed by atoms with Crippen molar-refractivity contribution in [2.24, 2.45) is 11.1 Å². The van der Waals surface area contributed by atoms with Gasteiger partial charge in [0.2, 0.25) is 0 Å². The van der Waals surface area contributed by atoms with Gasteiger partial charge >= 0.3 is 0 Å². The second kappa shape index (κ2) is 5.32. The van der Waals surface area contributed by atoms with E-state index in [-0.39, 0.29) is 0 Å². The topological polar surface area (TPSA) is 45.4 Å². The van der Waals surface area contributed by atoms with Gasteiger partial charge in [0.25, 0.3) is 0 Å². The van der Waals surface area contributed by atoms with E-state index in [1.165, 1.54) is 19.3 Å². The standard InChI is InChI=1S/C13H14N2O/c14-8-12-5-2-6-13(7-12)10-16-15-9-11-3-1-4-11/h2,5-7,9,11H,1,3-4,10H2. The highest BCUT2D eigenvalue weighted by molar-refractivity contribution is 5.60. The SMILES string of the molecule is N#Cc1cccc(CON=CC2CCC2)c1. The summed E-state index contributed by atoms with van der Waals surface area (Å²) in [4.78, 5) is 5.19. The van der Waals surface area contributed by atoms with Gasteiger partial charge in [-0.15, -0.1) is 0 Å². The smallest absolute Gasteiger partial charge is 0.142 e. The van der Waals surface area contributed by atoms with Gasteiger partial charge in [-0.25, -0.2) is 0 Å². The molecule has 1 fully saturated rings. The van der Waals surface area contributed by atoms with Gasteiger partial charge in [-0.3, -0.25) is 0 Å². The number of rotatable bonds is 4. The van der Waals surface area contributed by atoms with Crippen molar-refractivity contribution in [3.8, 4) is 6.07 Å². The molecule has 0 atom stereocenters. The maximum absolute atomic E-state index is 8.73. The molecule has 1 aliphatic rings. The van der Waals surface area contributed by atoms with E-state index in [9.17, 15) is 0 Å². The highest BCUT2D eigenvalue weighted by atomic mass is 16.6. The van der Waals surface area contributed by atoms with E-state index < -0.39 is 0 Å². The average molecular weight is 214 g/mol. The highest BCUT2D eigenvalue weighted by Gasteiger charge is 2.14. The van der Waals surface area contributed by atoms with E-state index >= 15 is 0 Å². The molecule has 0 unspecified atom stereocenters. The molecule has 1 aliphatic carbocycles. The number of benzene rings is 1. The Morgan fingerprint density at radius 1 is 1.50 bits per heavy atom. The second-order valence-electron chi connectivity index (χ2n) is 4.03. The van der Waals surface area contributed by atoms with Crippen LogP contribution in [0.3, 0.4) is 0 Å². The summed E-state index contributed by atoms with van der Waals surface area (Å²) >= 11 is 0. The molecule has 3 nitrogen and oxygen atoms in total. The van der Waals surface area contributed by atoms with Crippen molar-refractivity contribution in [1.82, 2.24) is 0 Å². The Hall–Kier alpha value is -1.82. The zero-order valence-electron chi connectivity index (χ0n) is 9.10. The van der Waals surface area contributed by atoms with Gasteiger partial charge in [-0.05, 0) is 36.5 Å². The number of hydrogen-bond acceptors (Lipinski definition) is 3. The molecule has 0 aromatic heterocycles. The van der Waals surface area contributed by atoms with Crippen LogP contribution in [0.4, 0.5) is 0 Å². The van der Waals surface area contributed by atoms with E-state index in [0.717, 1.165) is 5.56 Å². The molecule has 0 heterocycles. The zero-order chi connectivity index (χ0) is 11.2. The van der Waals surface area contributed by atoms with Crippen LogP contribution < -0.4 is 0 Å². The highest BCUT2D eigenvalue weighted by Crippen LogP contribution is 2.24. The first-order chi connectivity index (χ1) is 7.88. The van der Waals surface area contributed by atoms with Gasteiger partial charge in [0.05, 0.1) is 11.6 Å². The lowest BCUT2D eigenvalue weighted by Crippen LogP contribution is -2.11. The van der Waals surface area contributed by atoms with Crippen LogP contribution in [0.1, 0.15) is 30.4 Å². The first kappa shape index (κ1) is 10.7. The van der Waals surface area contributed by atoms with Gasteiger partial charge in [0.15, 0.2) is 0 Å². The van der Waals surface area contributed by atoms with Crippen LogP contribution in [0.25, 0.3) is 0 Å². The summed E-state index contributed by atoms with van der Waals surface area (Å²) in [5, 5.41) is 12.7. The lowest BCUT2D eigenvalue weighted by molar-refractivity contribution is 0.129. The van der Waals surface area contributed by atoms with Crippen molar-refractivity contribution in [3.63, 3.8) is 0 Å². The normalized spacial score (nSPS) is 15.7. The van der Waals surface area contributed by atoms with E-state index in [1.54, 1.807) is 6.07 Å².